The highest BCUT2D eigenvalue weighted by atomic mass is 16.5. The van der Waals surface area contributed by atoms with Crippen LogP contribution >= 0.6 is 0 Å². The number of benzene rings is 3. The van der Waals surface area contributed by atoms with Gasteiger partial charge in [-0.2, -0.15) is 0 Å². The van der Waals surface area contributed by atoms with E-state index in [1.165, 1.54) is 24.0 Å². The van der Waals surface area contributed by atoms with Gasteiger partial charge in [-0.05, 0) is 73.4 Å². The molecule has 0 saturated heterocycles. The van der Waals surface area contributed by atoms with Gasteiger partial charge >= 0.3 is 0 Å². The molecule has 1 amide bonds. The van der Waals surface area contributed by atoms with Crippen LogP contribution in [0.2, 0.25) is 0 Å². The number of ether oxygens (including phenoxy) is 1. The zero-order valence-corrected chi connectivity index (χ0v) is 17.7. The molecule has 0 aliphatic heterocycles. The molecule has 1 aliphatic carbocycles. The van der Waals surface area contributed by atoms with Crippen molar-refractivity contribution in [1.82, 2.24) is 5.32 Å². The summed E-state index contributed by atoms with van der Waals surface area (Å²) in [6.45, 7) is 3.91. The molecule has 0 bridgehead atoms. The Morgan fingerprint density at radius 3 is 2.43 bits per heavy atom. The number of carbonyl (C=O) groups is 1. The smallest absolute Gasteiger partial charge is 0.261 e. The average Bonchev–Trinajstić information content (AvgIpc) is 2.79. The fraction of sp³-hybridized carbons (Fsp3) is 0.296. The lowest BCUT2D eigenvalue weighted by Gasteiger charge is -2.25. The zero-order valence-electron chi connectivity index (χ0n) is 17.7. The Morgan fingerprint density at radius 2 is 1.63 bits per heavy atom. The molecule has 0 aromatic heterocycles. The summed E-state index contributed by atoms with van der Waals surface area (Å²) in [5, 5.41) is 3.23. The molecule has 30 heavy (non-hydrogen) atoms. The Bertz CT molecular complexity index is 1010. The molecular weight excluding hydrogens is 370 g/mol. The minimum atomic E-state index is -0.575. The van der Waals surface area contributed by atoms with Gasteiger partial charge in [-0.15, -0.1) is 0 Å². The summed E-state index contributed by atoms with van der Waals surface area (Å²) in [7, 11) is 0. The van der Waals surface area contributed by atoms with E-state index in [4.69, 9.17) is 4.74 Å². The van der Waals surface area contributed by atoms with Gasteiger partial charge in [0.05, 0.1) is 6.04 Å². The second kappa shape index (κ2) is 9.17. The molecule has 154 valence electrons. The van der Waals surface area contributed by atoms with Crippen molar-refractivity contribution >= 4 is 5.91 Å². The molecule has 3 nitrogen and oxygen atoms in total. The van der Waals surface area contributed by atoms with Gasteiger partial charge in [0.15, 0.2) is 6.10 Å². The summed E-state index contributed by atoms with van der Waals surface area (Å²) in [4.78, 5) is 13.1. The molecule has 0 fully saturated rings. The van der Waals surface area contributed by atoms with Crippen molar-refractivity contribution in [2.75, 3.05) is 0 Å². The Kier molecular flexibility index (Phi) is 6.18. The molecule has 0 unspecified atom stereocenters. The summed E-state index contributed by atoms with van der Waals surface area (Å²) in [5.41, 5.74) is 5.93. The van der Waals surface area contributed by atoms with Crippen molar-refractivity contribution < 1.29 is 9.53 Å². The van der Waals surface area contributed by atoms with Gasteiger partial charge in [0.25, 0.3) is 5.91 Å². The summed E-state index contributed by atoms with van der Waals surface area (Å²) in [6.07, 6.45) is 3.94. The Morgan fingerprint density at radius 1 is 0.900 bits per heavy atom. The normalized spacial score (nSPS) is 15.0. The second-order valence-corrected chi connectivity index (χ2v) is 8.07. The summed E-state index contributed by atoms with van der Waals surface area (Å²) < 4.78 is 6.17. The maximum Gasteiger partial charge on any atom is 0.261 e. The van der Waals surface area contributed by atoms with Gasteiger partial charge in [-0.3, -0.25) is 4.79 Å². The molecular formula is C27H29NO2. The van der Waals surface area contributed by atoms with Crippen molar-refractivity contribution in [2.45, 2.75) is 51.7 Å². The van der Waals surface area contributed by atoms with Gasteiger partial charge in [0.2, 0.25) is 0 Å². The third-order valence-corrected chi connectivity index (χ3v) is 5.94. The molecule has 3 heteroatoms. The van der Waals surface area contributed by atoms with Gasteiger partial charge in [-0.25, -0.2) is 0 Å². The standard InChI is InChI=1S/C27H29NO2/c1-19-11-6-8-16-23(19)26(22-13-4-3-5-14-22)28-27(29)20(2)30-25-18-10-15-21-12-7-9-17-24(21)25/h3-6,8,10-11,13-16,18,20,26H,7,9,12,17H2,1-2H3,(H,28,29)/t20-,26+/m1/s1. The summed E-state index contributed by atoms with van der Waals surface area (Å²) in [5.74, 6) is 0.738. The predicted molar refractivity (Wildman–Crippen MR) is 121 cm³/mol. The minimum Gasteiger partial charge on any atom is -0.481 e. The quantitative estimate of drug-likeness (QED) is 0.590. The lowest BCUT2D eigenvalue weighted by atomic mass is 9.91. The van der Waals surface area contributed by atoms with Crippen LogP contribution in [-0.4, -0.2) is 12.0 Å². The maximum absolute atomic E-state index is 13.1. The number of rotatable bonds is 6. The van der Waals surface area contributed by atoms with E-state index in [0.29, 0.717) is 0 Å². The first-order valence-corrected chi connectivity index (χ1v) is 10.8. The van der Waals surface area contributed by atoms with Gasteiger partial charge in [0, 0.05) is 0 Å². The van der Waals surface area contributed by atoms with Crippen LogP contribution < -0.4 is 10.1 Å². The number of aryl methyl sites for hydroxylation is 2. The van der Waals surface area contributed by atoms with Crippen molar-refractivity contribution in [2.24, 2.45) is 0 Å². The van der Waals surface area contributed by atoms with Gasteiger partial charge in [-0.1, -0.05) is 66.7 Å². The monoisotopic (exact) mass is 399 g/mol. The molecule has 0 radical (unpaired) electrons. The molecule has 0 spiro atoms. The first-order chi connectivity index (χ1) is 14.6. The largest absolute Gasteiger partial charge is 0.481 e. The number of nitrogens with one attached hydrogen (secondary N) is 1. The minimum absolute atomic E-state index is 0.111. The van der Waals surface area contributed by atoms with Crippen LogP contribution in [0.4, 0.5) is 0 Å². The average molecular weight is 400 g/mol. The van der Waals surface area contributed by atoms with Gasteiger partial charge < -0.3 is 10.1 Å². The summed E-state index contributed by atoms with van der Waals surface area (Å²) in [6, 6.07) is 24.3. The molecule has 3 aromatic rings. The van der Waals surface area contributed by atoms with E-state index in [1.807, 2.05) is 49.4 Å². The van der Waals surface area contributed by atoms with Crippen LogP contribution in [0.15, 0.2) is 72.8 Å². The fourth-order valence-electron chi connectivity index (χ4n) is 4.26. The fourth-order valence-corrected chi connectivity index (χ4v) is 4.26. The SMILES string of the molecule is Cc1ccccc1[C@@H](NC(=O)[C@@H](C)Oc1cccc2c1CCCC2)c1ccccc1. The summed E-state index contributed by atoms with van der Waals surface area (Å²) >= 11 is 0. The Balaban J connectivity index is 1.55. The molecule has 1 N–H and O–H groups in total. The van der Waals surface area contributed by atoms with Crippen LogP contribution in [0.1, 0.15) is 53.6 Å². The number of amides is 1. The first-order valence-electron chi connectivity index (χ1n) is 10.8. The molecule has 0 heterocycles. The number of hydrogen-bond acceptors (Lipinski definition) is 2. The molecule has 0 saturated carbocycles. The van der Waals surface area contributed by atoms with E-state index in [0.717, 1.165) is 35.3 Å². The molecule has 2 atom stereocenters. The Labute approximate surface area is 179 Å². The van der Waals surface area contributed by atoms with Crippen molar-refractivity contribution in [3.63, 3.8) is 0 Å². The van der Waals surface area contributed by atoms with E-state index in [1.54, 1.807) is 0 Å². The third kappa shape index (κ3) is 4.40. The topological polar surface area (TPSA) is 38.3 Å². The lowest BCUT2D eigenvalue weighted by Crippen LogP contribution is -2.39. The molecule has 4 rings (SSSR count). The van der Waals surface area contributed by atoms with E-state index in [-0.39, 0.29) is 11.9 Å². The van der Waals surface area contributed by atoms with Crippen LogP contribution in [0, 0.1) is 6.92 Å². The first kappa shape index (κ1) is 20.2. The zero-order chi connectivity index (χ0) is 20.9. The molecule has 3 aromatic carbocycles. The lowest BCUT2D eigenvalue weighted by molar-refractivity contribution is -0.127. The maximum atomic E-state index is 13.1. The van der Waals surface area contributed by atoms with E-state index in [9.17, 15) is 4.79 Å². The number of carbonyl (C=O) groups excluding carboxylic acids is 1. The van der Waals surface area contributed by atoms with E-state index >= 15 is 0 Å². The number of hydrogen-bond donors (Lipinski definition) is 1. The van der Waals surface area contributed by atoms with Crippen molar-refractivity contribution in [3.8, 4) is 5.75 Å². The van der Waals surface area contributed by atoms with Gasteiger partial charge in [0.1, 0.15) is 5.75 Å². The molecule has 1 aliphatic rings. The Hall–Kier alpha value is -3.07. The third-order valence-electron chi connectivity index (χ3n) is 5.94. The van der Waals surface area contributed by atoms with Crippen LogP contribution in [0.25, 0.3) is 0 Å². The van der Waals surface area contributed by atoms with Crippen LogP contribution in [-0.2, 0) is 17.6 Å². The highest BCUT2D eigenvalue weighted by molar-refractivity contribution is 5.81. The van der Waals surface area contributed by atoms with E-state index in [2.05, 4.69) is 42.6 Å². The van der Waals surface area contributed by atoms with Crippen LogP contribution in [0.5, 0.6) is 5.75 Å². The predicted octanol–water partition coefficient (Wildman–Crippen LogP) is 5.55. The van der Waals surface area contributed by atoms with Crippen molar-refractivity contribution in [3.05, 3.63) is 101 Å². The second-order valence-electron chi connectivity index (χ2n) is 8.07. The van der Waals surface area contributed by atoms with E-state index < -0.39 is 6.10 Å². The van der Waals surface area contributed by atoms with Crippen molar-refractivity contribution in [1.29, 1.82) is 0 Å². The highest BCUT2D eigenvalue weighted by Gasteiger charge is 2.24. The number of fused-ring (bicyclic) bond motifs is 1. The van der Waals surface area contributed by atoms with Crippen LogP contribution in [0.3, 0.4) is 0 Å². The highest BCUT2D eigenvalue weighted by Crippen LogP contribution is 2.30.